The average Bonchev–Trinajstić information content (AvgIpc) is 3.11. The van der Waals surface area contributed by atoms with E-state index in [1.54, 1.807) is 6.20 Å². The maximum atomic E-state index is 13.0. The molecule has 0 aromatic carbocycles. The zero-order valence-electron chi connectivity index (χ0n) is 16.1. The van der Waals surface area contributed by atoms with Crippen LogP contribution >= 0.6 is 0 Å². The molecule has 3 rings (SSSR count). The summed E-state index contributed by atoms with van der Waals surface area (Å²) in [6, 6.07) is 0. The van der Waals surface area contributed by atoms with E-state index in [1.165, 1.54) is 0 Å². The molecule has 1 aromatic heterocycles. The highest BCUT2D eigenvalue weighted by Gasteiger charge is 2.43. The van der Waals surface area contributed by atoms with Crippen molar-refractivity contribution in [3.05, 3.63) is 17.5 Å². The second-order valence-electron chi connectivity index (χ2n) is 7.91. The van der Waals surface area contributed by atoms with Crippen molar-refractivity contribution in [1.29, 1.82) is 0 Å². The largest absolute Gasteiger partial charge is 0.361 e. The van der Waals surface area contributed by atoms with Gasteiger partial charge in [0.25, 0.3) is 5.91 Å². The van der Waals surface area contributed by atoms with Gasteiger partial charge < -0.3 is 14.3 Å². The van der Waals surface area contributed by atoms with Crippen molar-refractivity contribution in [2.75, 3.05) is 26.2 Å². The normalized spacial score (nSPS) is 23.7. The molecule has 3 heterocycles. The van der Waals surface area contributed by atoms with Crippen LogP contribution in [0.1, 0.15) is 74.9 Å². The molecule has 0 saturated carbocycles. The van der Waals surface area contributed by atoms with Crippen molar-refractivity contribution < 1.29 is 14.1 Å². The van der Waals surface area contributed by atoms with E-state index >= 15 is 0 Å². The summed E-state index contributed by atoms with van der Waals surface area (Å²) in [5.41, 5.74) is 0.663. The summed E-state index contributed by atoms with van der Waals surface area (Å²) in [4.78, 5) is 29.3. The van der Waals surface area contributed by atoms with E-state index in [-0.39, 0.29) is 17.2 Å². The maximum absolute atomic E-state index is 13.0. The van der Waals surface area contributed by atoms with Crippen LogP contribution in [0.5, 0.6) is 0 Å². The Morgan fingerprint density at radius 3 is 2.88 bits per heavy atom. The monoisotopic (exact) mass is 361 g/mol. The number of hydrogen-bond acceptors (Lipinski definition) is 4. The van der Waals surface area contributed by atoms with Crippen LogP contribution in [0.15, 0.2) is 10.7 Å². The first-order valence-electron chi connectivity index (χ1n) is 10.1. The van der Waals surface area contributed by atoms with Crippen molar-refractivity contribution >= 4 is 11.8 Å². The van der Waals surface area contributed by atoms with Crippen LogP contribution in [0.2, 0.25) is 0 Å². The summed E-state index contributed by atoms with van der Waals surface area (Å²) in [5.74, 6) is 1.00. The van der Waals surface area contributed by atoms with Crippen molar-refractivity contribution in [3.8, 4) is 0 Å². The Morgan fingerprint density at radius 2 is 2.12 bits per heavy atom. The molecular weight excluding hydrogens is 330 g/mol. The number of aromatic nitrogens is 1. The third-order valence-electron chi connectivity index (χ3n) is 5.83. The topological polar surface area (TPSA) is 66.7 Å². The molecular formula is C20H31N3O3. The molecule has 1 atom stereocenters. The van der Waals surface area contributed by atoms with Crippen LogP contribution in [-0.4, -0.2) is 52.9 Å². The number of carbonyl (C=O) groups excluding carboxylic acids is 2. The molecule has 6 nitrogen and oxygen atoms in total. The van der Waals surface area contributed by atoms with E-state index in [2.05, 4.69) is 19.0 Å². The third kappa shape index (κ3) is 3.94. The highest BCUT2D eigenvalue weighted by atomic mass is 16.5. The van der Waals surface area contributed by atoms with Gasteiger partial charge in [-0.1, -0.05) is 25.4 Å². The number of aryl methyl sites for hydroxylation is 1. The van der Waals surface area contributed by atoms with Crippen LogP contribution < -0.4 is 0 Å². The minimum Gasteiger partial charge on any atom is -0.361 e. The lowest BCUT2D eigenvalue weighted by Crippen LogP contribution is -2.55. The highest BCUT2D eigenvalue weighted by Crippen LogP contribution is 2.39. The first kappa shape index (κ1) is 18.9. The molecule has 1 aromatic rings. The Labute approximate surface area is 155 Å². The Bertz CT molecular complexity index is 642. The number of likely N-dealkylation sites (tertiary alicyclic amines) is 2. The first-order chi connectivity index (χ1) is 12.6. The SMILES string of the molecule is CCCCN1CC2(CCCN(C(=O)c3cnoc3CCC)C2)CCC1=O. The minimum absolute atomic E-state index is 0.0331. The molecule has 0 N–H and O–H groups in total. The van der Waals surface area contributed by atoms with Gasteiger partial charge in [-0.25, -0.2) is 0 Å². The van der Waals surface area contributed by atoms with Gasteiger partial charge in [0.1, 0.15) is 11.3 Å². The molecule has 1 spiro atoms. The summed E-state index contributed by atoms with van der Waals surface area (Å²) >= 11 is 0. The Morgan fingerprint density at radius 1 is 1.27 bits per heavy atom. The van der Waals surface area contributed by atoms with Crippen molar-refractivity contribution in [1.82, 2.24) is 15.0 Å². The van der Waals surface area contributed by atoms with E-state index in [9.17, 15) is 9.59 Å². The fourth-order valence-electron chi connectivity index (χ4n) is 4.39. The Balaban J connectivity index is 1.71. The zero-order valence-corrected chi connectivity index (χ0v) is 16.1. The van der Waals surface area contributed by atoms with Gasteiger partial charge >= 0.3 is 0 Å². The quantitative estimate of drug-likeness (QED) is 0.780. The molecule has 0 bridgehead atoms. The van der Waals surface area contributed by atoms with Gasteiger partial charge in [0.2, 0.25) is 5.91 Å². The zero-order chi connectivity index (χ0) is 18.6. The number of rotatable bonds is 6. The smallest absolute Gasteiger partial charge is 0.259 e. The average molecular weight is 361 g/mol. The summed E-state index contributed by atoms with van der Waals surface area (Å²) in [5, 5.41) is 3.84. The lowest BCUT2D eigenvalue weighted by atomic mass is 9.73. The van der Waals surface area contributed by atoms with Crippen LogP contribution in [0.3, 0.4) is 0 Å². The van der Waals surface area contributed by atoms with Gasteiger partial charge in [0.05, 0.1) is 6.20 Å². The molecule has 144 valence electrons. The summed E-state index contributed by atoms with van der Waals surface area (Å²) in [7, 11) is 0. The van der Waals surface area contributed by atoms with E-state index < -0.39 is 0 Å². The maximum Gasteiger partial charge on any atom is 0.259 e. The van der Waals surface area contributed by atoms with Crippen LogP contribution in [0, 0.1) is 5.41 Å². The second kappa shape index (κ2) is 8.23. The minimum atomic E-state index is 0.0331. The Kier molecular flexibility index (Phi) is 5.99. The summed E-state index contributed by atoms with van der Waals surface area (Å²) < 4.78 is 5.28. The molecule has 6 heteroatoms. The number of piperidine rings is 2. The van der Waals surface area contributed by atoms with E-state index in [0.717, 1.165) is 71.1 Å². The van der Waals surface area contributed by atoms with Gasteiger partial charge in [-0.15, -0.1) is 0 Å². The molecule has 2 aliphatic rings. The van der Waals surface area contributed by atoms with E-state index in [4.69, 9.17) is 4.52 Å². The molecule has 0 aliphatic carbocycles. The van der Waals surface area contributed by atoms with Gasteiger partial charge in [0.15, 0.2) is 0 Å². The van der Waals surface area contributed by atoms with E-state index in [1.807, 2.05) is 9.80 Å². The highest BCUT2D eigenvalue weighted by molar-refractivity contribution is 5.95. The van der Waals surface area contributed by atoms with Gasteiger partial charge in [-0.3, -0.25) is 9.59 Å². The lowest BCUT2D eigenvalue weighted by Gasteiger charge is -2.48. The number of amides is 2. The fraction of sp³-hybridized carbons (Fsp3) is 0.750. The number of carbonyl (C=O) groups is 2. The van der Waals surface area contributed by atoms with Gasteiger partial charge in [0, 0.05) is 44.4 Å². The van der Waals surface area contributed by atoms with E-state index in [0.29, 0.717) is 17.7 Å². The molecule has 2 saturated heterocycles. The number of hydrogen-bond donors (Lipinski definition) is 0. The van der Waals surface area contributed by atoms with Crippen LogP contribution in [0.25, 0.3) is 0 Å². The molecule has 0 radical (unpaired) electrons. The molecule has 2 fully saturated rings. The Hall–Kier alpha value is -1.85. The standard InChI is InChI=1S/C20H31N3O3/c1-3-5-11-22-14-20(10-8-18(22)24)9-6-12-23(15-20)19(25)16-13-21-26-17(16)7-4-2/h13H,3-12,14-15H2,1-2H3. The third-order valence-corrected chi connectivity index (χ3v) is 5.83. The first-order valence-corrected chi connectivity index (χ1v) is 10.1. The lowest BCUT2D eigenvalue weighted by molar-refractivity contribution is -0.139. The van der Waals surface area contributed by atoms with Crippen LogP contribution in [-0.2, 0) is 11.2 Å². The van der Waals surface area contributed by atoms with Gasteiger partial charge in [-0.05, 0) is 32.1 Å². The molecule has 2 amide bonds. The van der Waals surface area contributed by atoms with Crippen molar-refractivity contribution in [3.63, 3.8) is 0 Å². The molecule has 26 heavy (non-hydrogen) atoms. The molecule has 1 unspecified atom stereocenters. The predicted octanol–water partition coefficient (Wildman–Crippen LogP) is 3.27. The predicted molar refractivity (Wildman–Crippen MR) is 98.8 cm³/mol. The summed E-state index contributed by atoms with van der Waals surface area (Å²) in [6.07, 6.45) is 8.96. The molecule has 2 aliphatic heterocycles. The second-order valence-corrected chi connectivity index (χ2v) is 7.91. The number of unbranched alkanes of at least 4 members (excludes halogenated alkanes) is 1. The van der Waals surface area contributed by atoms with Gasteiger partial charge in [-0.2, -0.15) is 0 Å². The van der Waals surface area contributed by atoms with Crippen molar-refractivity contribution in [2.45, 2.75) is 65.2 Å². The van der Waals surface area contributed by atoms with Crippen LogP contribution in [0.4, 0.5) is 0 Å². The van der Waals surface area contributed by atoms with Crippen molar-refractivity contribution in [2.24, 2.45) is 5.41 Å². The summed E-state index contributed by atoms with van der Waals surface area (Å²) in [6.45, 7) is 7.37. The fourth-order valence-corrected chi connectivity index (χ4v) is 4.39. The number of nitrogens with zero attached hydrogens (tertiary/aromatic N) is 3.